The molecule has 1 aromatic carbocycles. The van der Waals surface area contributed by atoms with Gasteiger partial charge in [-0.3, -0.25) is 10.00 Å². The number of aryl methyl sites for hydroxylation is 2. The molecular formula is C23H30N6O. The Morgan fingerprint density at radius 2 is 1.87 bits per heavy atom. The fraction of sp³-hybridized carbons (Fsp3) is 0.522. The van der Waals surface area contributed by atoms with Crippen LogP contribution in [0.4, 0.5) is 5.82 Å². The van der Waals surface area contributed by atoms with Crippen molar-refractivity contribution < 1.29 is 4.74 Å². The highest BCUT2D eigenvalue weighted by Crippen LogP contribution is 2.32. The molecule has 2 aromatic heterocycles. The van der Waals surface area contributed by atoms with Gasteiger partial charge < -0.3 is 10.1 Å². The average Bonchev–Trinajstić information content (AvgIpc) is 3.13. The number of fused-ring (bicyclic) bond motifs is 1. The minimum atomic E-state index is 0.460. The number of nitrogens with one attached hydrogen (secondary N) is 2. The predicted molar refractivity (Wildman–Crippen MR) is 119 cm³/mol. The first kappa shape index (κ1) is 19.5. The third kappa shape index (κ3) is 3.79. The Bertz CT molecular complexity index is 998. The van der Waals surface area contributed by atoms with Gasteiger partial charge in [0.15, 0.2) is 0 Å². The van der Waals surface area contributed by atoms with Crippen molar-refractivity contribution in [3.63, 3.8) is 0 Å². The van der Waals surface area contributed by atoms with Gasteiger partial charge in [0.1, 0.15) is 12.1 Å². The Morgan fingerprint density at radius 1 is 1.07 bits per heavy atom. The zero-order chi connectivity index (χ0) is 20.5. The lowest BCUT2D eigenvalue weighted by Crippen LogP contribution is -2.46. The molecule has 1 aliphatic heterocycles. The number of aromatic amines is 1. The SMILES string of the molecule is Cc1n[nH]c(C)c1-c1ccc2ncnc(N[C@H]3CC[C@H](N4CCOCC4)CC3)c2c1. The van der Waals surface area contributed by atoms with E-state index in [2.05, 4.69) is 55.5 Å². The standard InChI is InChI=1S/C23H30N6O/c1-15-22(16(2)28-27-15)17-3-8-21-20(13-17)23(25-14-24-21)26-18-4-6-19(7-5-18)29-9-11-30-12-10-29/h3,8,13-14,18-19H,4-7,9-12H2,1-2H3,(H,27,28)(H,24,25,26)/t18-,19-. The lowest BCUT2D eigenvalue weighted by atomic mass is 9.90. The van der Waals surface area contributed by atoms with Crippen LogP contribution < -0.4 is 5.32 Å². The largest absolute Gasteiger partial charge is 0.379 e. The van der Waals surface area contributed by atoms with E-state index in [4.69, 9.17) is 4.74 Å². The highest BCUT2D eigenvalue weighted by atomic mass is 16.5. The van der Waals surface area contributed by atoms with Crippen molar-refractivity contribution in [3.05, 3.63) is 35.9 Å². The summed E-state index contributed by atoms with van der Waals surface area (Å²) in [5.41, 5.74) is 5.38. The first-order chi connectivity index (χ1) is 14.7. The van der Waals surface area contributed by atoms with Gasteiger partial charge in [-0.05, 0) is 57.2 Å². The topological polar surface area (TPSA) is 79.0 Å². The summed E-state index contributed by atoms with van der Waals surface area (Å²) in [4.78, 5) is 11.7. The molecule has 7 nitrogen and oxygen atoms in total. The second kappa shape index (κ2) is 8.32. The number of hydrogen-bond donors (Lipinski definition) is 2. The van der Waals surface area contributed by atoms with Gasteiger partial charge in [-0.1, -0.05) is 6.07 Å². The summed E-state index contributed by atoms with van der Waals surface area (Å²) in [6, 6.07) is 7.56. The minimum absolute atomic E-state index is 0.460. The van der Waals surface area contributed by atoms with Gasteiger partial charge in [-0.15, -0.1) is 0 Å². The van der Waals surface area contributed by atoms with Crippen molar-refractivity contribution in [2.75, 3.05) is 31.6 Å². The smallest absolute Gasteiger partial charge is 0.137 e. The second-order valence-electron chi connectivity index (χ2n) is 8.56. The molecule has 3 aromatic rings. The highest BCUT2D eigenvalue weighted by molar-refractivity contribution is 5.93. The van der Waals surface area contributed by atoms with Gasteiger partial charge in [-0.25, -0.2) is 9.97 Å². The molecule has 30 heavy (non-hydrogen) atoms. The number of hydrogen-bond acceptors (Lipinski definition) is 6. The predicted octanol–water partition coefficient (Wildman–Crippen LogP) is 3.69. The number of aromatic nitrogens is 4. The number of H-pyrrole nitrogens is 1. The lowest BCUT2D eigenvalue weighted by Gasteiger charge is -2.39. The molecule has 0 amide bonds. The maximum Gasteiger partial charge on any atom is 0.137 e. The first-order valence-electron chi connectivity index (χ1n) is 11.0. The lowest BCUT2D eigenvalue weighted by molar-refractivity contribution is 0.00791. The van der Waals surface area contributed by atoms with Gasteiger partial charge in [0.05, 0.1) is 24.4 Å². The highest BCUT2D eigenvalue weighted by Gasteiger charge is 2.27. The van der Waals surface area contributed by atoms with Crippen LogP contribution in [0, 0.1) is 13.8 Å². The van der Waals surface area contributed by atoms with Crippen LogP contribution in [0.2, 0.25) is 0 Å². The number of ether oxygens (including phenoxy) is 1. The molecular weight excluding hydrogens is 376 g/mol. The van der Waals surface area contributed by atoms with Gasteiger partial charge in [0.25, 0.3) is 0 Å². The zero-order valence-corrected chi connectivity index (χ0v) is 17.8. The maximum atomic E-state index is 5.51. The molecule has 0 unspecified atom stereocenters. The summed E-state index contributed by atoms with van der Waals surface area (Å²) in [5, 5.41) is 12.2. The van der Waals surface area contributed by atoms with Crippen LogP contribution in [0.25, 0.3) is 22.0 Å². The van der Waals surface area contributed by atoms with E-state index in [9.17, 15) is 0 Å². The fourth-order valence-electron chi connectivity index (χ4n) is 5.02. The van der Waals surface area contributed by atoms with Crippen molar-refractivity contribution in [1.29, 1.82) is 0 Å². The van der Waals surface area contributed by atoms with Crippen LogP contribution in [0.1, 0.15) is 37.1 Å². The van der Waals surface area contributed by atoms with Crippen LogP contribution in [0.3, 0.4) is 0 Å². The van der Waals surface area contributed by atoms with E-state index in [-0.39, 0.29) is 0 Å². The molecule has 158 valence electrons. The summed E-state index contributed by atoms with van der Waals surface area (Å²) in [7, 11) is 0. The molecule has 0 atom stereocenters. The molecule has 3 heterocycles. The first-order valence-corrected chi connectivity index (χ1v) is 11.0. The van der Waals surface area contributed by atoms with Gasteiger partial charge in [-0.2, -0.15) is 5.10 Å². The van der Waals surface area contributed by atoms with E-state index in [1.165, 1.54) is 25.7 Å². The number of rotatable bonds is 4. The Labute approximate surface area is 177 Å². The molecule has 2 fully saturated rings. The quantitative estimate of drug-likeness (QED) is 0.688. The van der Waals surface area contributed by atoms with Crippen LogP contribution in [-0.2, 0) is 4.74 Å². The zero-order valence-electron chi connectivity index (χ0n) is 17.8. The van der Waals surface area contributed by atoms with E-state index in [0.717, 1.165) is 65.5 Å². The molecule has 1 saturated carbocycles. The Kier molecular flexibility index (Phi) is 5.39. The van der Waals surface area contributed by atoms with Crippen molar-refractivity contribution in [2.45, 2.75) is 51.6 Å². The number of morpholine rings is 1. The van der Waals surface area contributed by atoms with Crippen molar-refractivity contribution in [2.24, 2.45) is 0 Å². The summed E-state index contributed by atoms with van der Waals surface area (Å²) in [6.45, 7) is 8.01. The fourth-order valence-corrected chi connectivity index (χ4v) is 5.02. The summed E-state index contributed by atoms with van der Waals surface area (Å²) >= 11 is 0. The van der Waals surface area contributed by atoms with E-state index in [1.807, 2.05) is 6.92 Å². The Hall–Kier alpha value is -2.51. The van der Waals surface area contributed by atoms with Crippen LogP contribution >= 0.6 is 0 Å². The van der Waals surface area contributed by atoms with E-state index in [1.54, 1.807) is 6.33 Å². The molecule has 2 aliphatic rings. The maximum absolute atomic E-state index is 5.51. The van der Waals surface area contributed by atoms with Crippen molar-refractivity contribution in [3.8, 4) is 11.1 Å². The van der Waals surface area contributed by atoms with Crippen molar-refractivity contribution in [1.82, 2.24) is 25.1 Å². The Morgan fingerprint density at radius 3 is 2.60 bits per heavy atom. The van der Waals surface area contributed by atoms with Gasteiger partial charge in [0.2, 0.25) is 0 Å². The average molecular weight is 407 g/mol. The van der Waals surface area contributed by atoms with Crippen molar-refractivity contribution >= 4 is 16.7 Å². The van der Waals surface area contributed by atoms with Gasteiger partial charge in [0, 0.05) is 41.8 Å². The van der Waals surface area contributed by atoms with Crippen LogP contribution in [0.5, 0.6) is 0 Å². The molecule has 5 rings (SSSR count). The third-order valence-corrected chi connectivity index (χ3v) is 6.65. The second-order valence-corrected chi connectivity index (χ2v) is 8.56. The molecule has 7 heteroatoms. The normalized spacial score (nSPS) is 23.0. The number of nitrogens with zero attached hydrogens (tertiary/aromatic N) is 4. The van der Waals surface area contributed by atoms with E-state index in [0.29, 0.717) is 12.1 Å². The molecule has 2 N–H and O–H groups in total. The summed E-state index contributed by atoms with van der Waals surface area (Å²) in [6.07, 6.45) is 6.48. The molecule has 0 spiro atoms. The molecule has 1 saturated heterocycles. The van der Waals surface area contributed by atoms with Crippen LogP contribution in [0.15, 0.2) is 24.5 Å². The Balaban J connectivity index is 1.34. The molecule has 0 bridgehead atoms. The molecule has 1 aliphatic carbocycles. The monoisotopic (exact) mass is 406 g/mol. The van der Waals surface area contributed by atoms with Gasteiger partial charge >= 0.3 is 0 Å². The number of benzene rings is 1. The van der Waals surface area contributed by atoms with Crippen LogP contribution in [-0.4, -0.2) is 63.5 Å². The summed E-state index contributed by atoms with van der Waals surface area (Å²) in [5.74, 6) is 0.940. The molecule has 0 radical (unpaired) electrons. The minimum Gasteiger partial charge on any atom is -0.379 e. The van der Waals surface area contributed by atoms with E-state index >= 15 is 0 Å². The third-order valence-electron chi connectivity index (χ3n) is 6.65. The van der Waals surface area contributed by atoms with E-state index < -0.39 is 0 Å². The summed E-state index contributed by atoms with van der Waals surface area (Å²) < 4.78 is 5.51. The number of anilines is 1.